The van der Waals surface area contributed by atoms with E-state index in [-0.39, 0.29) is 0 Å². The predicted octanol–water partition coefficient (Wildman–Crippen LogP) is 1.94. The molecule has 7 heteroatoms. The lowest BCUT2D eigenvalue weighted by atomic mass is 10.2. The van der Waals surface area contributed by atoms with E-state index in [1.807, 2.05) is 26.2 Å². The summed E-state index contributed by atoms with van der Waals surface area (Å²) in [6.07, 6.45) is 2.06. The topological polar surface area (TPSA) is 54.3 Å². The first-order valence-electron chi connectivity index (χ1n) is 10.2. The molecule has 0 bridgehead atoms. The van der Waals surface area contributed by atoms with E-state index in [2.05, 4.69) is 62.2 Å². The average Bonchev–Trinajstić information content (AvgIpc) is 3.14. The van der Waals surface area contributed by atoms with Gasteiger partial charge in [0.05, 0.1) is 19.8 Å². The van der Waals surface area contributed by atoms with E-state index in [1.165, 1.54) is 11.3 Å². The summed E-state index contributed by atoms with van der Waals surface area (Å²) in [7, 11) is 5.92. The quantitative estimate of drug-likeness (QED) is 0.543. The van der Waals surface area contributed by atoms with Gasteiger partial charge in [0, 0.05) is 59.2 Å². The molecule has 0 saturated carbocycles. The Labute approximate surface area is 173 Å². The minimum Gasteiger partial charge on any atom is -0.492 e. The summed E-state index contributed by atoms with van der Waals surface area (Å²) in [5.74, 6) is 1.77. The third-order valence-corrected chi connectivity index (χ3v) is 5.15. The Morgan fingerprint density at radius 3 is 2.79 bits per heavy atom. The first-order chi connectivity index (χ1) is 14.2. The Bertz CT molecular complexity index is 783. The predicted molar refractivity (Wildman–Crippen MR) is 116 cm³/mol. The van der Waals surface area contributed by atoms with Gasteiger partial charge in [-0.05, 0) is 29.8 Å². The number of hydrogen-bond acceptors (Lipinski definition) is 4. The van der Waals surface area contributed by atoms with Crippen LogP contribution < -0.4 is 10.1 Å². The number of aliphatic imine (C=N–C) groups is 1. The molecular formula is C22H33N5O2. The van der Waals surface area contributed by atoms with E-state index >= 15 is 0 Å². The van der Waals surface area contributed by atoms with E-state index in [0.717, 1.165) is 51.1 Å². The van der Waals surface area contributed by atoms with Gasteiger partial charge in [0.1, 0.15) is 12.4 Å². The summed E-state index contributed by atoms with van der Waals surface area (Å²) in [6.45, 7) is 6.74. The highest BCUT2D eigenvalue weighted by atomic mass is 16.5. The second-order valence-electron chi connectivity index (χ2n) is 7.32. The van der Waals surface area contributed by atoms with Crippen molar-refractivity contribution in [2.24, 2.45) is 12.0 Å². The van der Waals surface area contributed by atoms with Crippen LogP contribution in [0.15, 0.2) is 47.6 Å². The van der Waals surface area contributed by atoms with Crippen molar-refractivity contribution in [1.82, 2.24) is 19.7 Å². The fourth-order valence-corrected chi connectivity index (χ4v) is 3.41. The van der Waals surface area contributed by atoms with Gasteiger partial charge < -0.3 is 24.3 Å². The minimum absolute atomic E-state index is 0.692. The third kappa shape index (κ3) is 6.51. The summed E-state index contributed by atoms with van der Waals surface area (Å²) in [5, 5.41) is 3.44. The molecule has 0 aliphatic carbocycles. The average molecular weight is 400 g/mol. The van der Waals surface area contributed by atoms with Gasteiger partial charge in [-0.25, -0.2) is 0 Å². The molecule has 1 aliphatic rings. The van der Waals surface area contributed by atoms with E-state index in [9.17, 15) is 0 Å². The lowest BCUT2D eigenvalue weighted by molar-refractivity contribution is 0.0322. The molecule has 0 unspecified atom stereocenters. The van der Waals surface area contributed by atoms with Crippen LogP contribution in [0.3, 0.4) is 0 Å². The zero-order chi connectivity index (χ0) is 20.5. The largest absolute Gasteiger partial charge is 0.492 e. The third-order valence-electron chi connectivity index (χ3n) is 5.15. The normalized spacial score (nSPS) is 15.3. The first-order valence-corrected chi connectivity index (χ1v) is 10.2. The van der Waals surface area contributed by atoms with Crippen molar-refractivity contribution in [3.05, 3.63) is 53.9 Å². The summed E-state index contributed by atoms with van der Waals surface area (Å²) in [6, 6.07) is 12.4. The lowest BCUT2D eigenvalue weighted by Crippen LogP contribution is -2.38. The Morgan fingerprint density at radius 1 is 1.24 bits per heavy atom. The zero-order valence-corrected chi connectivity index (χ0v) is 17.8. The molecule has 1 fully saturated rings. The standard InChI is InChI=1S/C22H33N5O2/c1-23-22(26(3)18-20-7-5-9-25(20)2)24-17-19-6-4-8-21(16-19)29-15-12-27-10-13-28-14-11-27/h4-9,16H,10-15,17-18H2,1-3H3,(H,23,24). The van der Waals surface area contributed by atoms with Gasteiger partial charge in [-0.2, -0.15) is 0 Å². The molecule has 1 aromatic heterocycles. The van der Waals surface area contributed by atoms with Crippen LogP contribution in [0.4, 0.5) is 0 Å². The van der Waals surface area contributed by atoms with Crippen molar-refractivity contribution in [2.45, 2.75) is 13.1 Å². The van der Waals surface area contributed by atoms with Crippen molar-refractivity contribution in [3.63, 3.8) is 0 Å². The highest BCUT2D eigenvalue weighted by Gasteiger charge is 2.10. The Kier molecular flexibility index (Phi) is 7.95. The molecular weight excluding hydrogens is 366 g/mol. The van der Waals surface area contributed by atoms with Crippen molar-refractivity contribution < 1.29 is 9.47 Å². The molecule has 1 saturated heterocycles. The molecule has 1 N–H and O–H groups in total. The molecule has 2 aromatic rings. The highest BCUT2D eigenvalue weighted by molar-refractivity contribution is 5.79. The van der Waals surface area contributed by atoms with Crippen LogP contribution in [0.2, 0.25) is 0 Å². The van der Waals surface area contributed by atoms with E-state index in [1.54, 1.807) is 0 Å². The second-order valence-corrected chi connectivity index (χ2v) is 7.32. The maximum atomic E-state index is 5.96. The van der Waals surface area contributed by atoms with Crippen LogP contribution >= 0.6 is 0 Å². The SMILES string of the molecule is CN=C(NCc1cccc(OCCN2CCOCC2)c1)N(C)Cc1cccn1C. The molecule has 0 spiro atoms. The van der Waals surface area contributed by atoms with E-state index in [0.29, 0.717) is 13.2 Å². The molecule has 3 rings (SSSR count). The maximum Gasteiger partial charge on any atom is 0.194 e. The number of morpholine rings is 1. The molecule has 7 nitrogen and oxygen atoms in total. The first kappa shape index (κ1) is 21.2. The smallest absolute Gasteiger partial charge is 0.194 e. The van der Waals surface area contributed by atoms with E-state index < -0.39 is 0 Å². The number of guanidine groups is 1. The number of nitrogens with zero attached hydrogens (tertiary/aromatic N) is 4. The monoisotopic (exact) mass is 399 g/mol. The van der Waals surface area contributed by atoms with Gasteiger partial charge in [0.25, 0.3) is 0 Å². The van der Waals surface area contributed by atoms with Gasteiger partial charge in [-0.3, -0.25) is 9.89 Å². The van der Waals surface area contributed by atoms with Gasteiger partial charge in [-0.15, -0.1) is 0 Å². The molecule has 0 atom stereocenters. The van der Waals surface area contributed by atoms with Crippen LogP contribution in [0, 0.1) is 0 Å². The van der Waals surface area contributed by atoms with Gasteiger partial charge in [0.2, 0.25) is 0 Å². The Balaban J connectivity index is 1.46. The van der Waals surface area contributed by atoms with Gasteiger partial charge in [0.15, 0.2) is 5.96 Å². The zero-order valence-electron chi connectivity index (χ0n) is 17.8. The van der Waals surface area contributed by atoms with Crippen LogP contribution in [0.5, 0.6) is 5.75 Å². The fourth-order valence-electron chi connectivity index (χ4n) is 3.41. The molecule has 0 radical (unpaired) electrons. The molecule has 1 aliphatic heterocycles. The van der Waals surface area contributed by atoms with Crippen molar-refractivity contribution in [1.29, 1.82) is 0 Å². The molecule has 29 heavy (non-hydrogen) atoms. The van der Waals surface area contributed by atoms with Crippen molar-refractivity contribution >= 4 is 5.96 Å². The number of rotatable bonds is 8. The molecule has 0 amide bonds. The van der Waals surface area contributed by atoms with Crippen LogP contribution in [0.25, 0.3) is 0 Å². The second kappa shape index (κ2) is 10.9. The summed E-state index contributed by atoms with van der Waals surface area (Å²) in [5.41, 5.74) is 2.41. The van der Waals surface area contributed by atoms with Crippen LogP contribution in [-0.4, -0.2) is 73.9 Å². The van der Waals surface area contributed by atoms with Crippen molar-refractivity contribution in [3.8, 4) is 5.75 Å². The molecule has 1 aromatic carbocycles. The number of ether oxygens (including phenoxy) is 2. The number of nitrogens with one attached hydrogen (secondary N) is 1. The summed E-state index contributed by atoms with van der Waals surface area (Å²) >= 11 is 0. The summed E-state index contributed by atoms with van der Waals surface area (Å²) < 4.78 is 13.5. The maximum absolute atomic E-state index is 5.96. The van der Waals surface area contributed by atoms with Gasteiger partial charge >= 0.3 is 0 Å². The van der Waals surface area contributed by atoms with Gasteiger partial charge in [-0.1, -0.05) is 12.1 Å². The number of aryl methyl sites for hydroxylation is 1. The molecule has 2 heterocycles. The Hall–Kier alpha value is -2.51. The number of aromatic nitrogens is 1. The Morgan fingerprint density at radius 2 is 2.07 bits per heavy atom. The minimum atomic E-state index is 0.692. The van der Waals surface area contributed by atoms with Crippen LogP contribution in [-0.2, 0) is 24.9 Å². The fraction of sp³-hybridized carbons (Fsp3) is 0.500. The highest BCUT2D eigenvalue weighted by Crippen LogP contribution is 2.14. The van der Waals surface area contributed by atoms with Crippen LogP contribution in [0.1, 0.15) is 11.3 Å². The lowest BCUT2D eigenvalue weighted by Gasteiger charge is -2.26. The molecule has 158 valence electrons. The van der Waals surface area contributed by atoms with Crippen molar-refractivity contribution in [2.75, 3.05) is 53.6 Å². The summed E-state index contributed by atoms with van der Waals surface area (Å²) in [4.78, 5) is 8.91. The van der Waals surface area contributed by atoms with E-state index in [4.69, 9.17) is 9.47 Å². The number of hydrogen-bond donors (Lipinski definition) is 1. The number of benzene rings is 1.